The molecule has 0 unspecified atom stereocenters. The van der Waals surface area contributed by atoms with Gasteiger partial charge in [0.1, 0.15) is 5.82 Å². The maximum absolute atomic E-state index is 13.1. The summed E-state index contributed by atoms with van der Waals surface area (Å²) < 4.78 is 13.5. The normalized spacial score (nSPS) is 10.3. The second-order valence-corrected chi connectivity index (χ2v) is 4.50. The largest absolute Gasteiger partial charge is 0.396 e. The van der Waals surface area contributed by atoms with Crippen molar-refractivity contribution in [1.29, 1.82) is 0 Å². The van der Waals surface area contributed by atoms with Crippen molar-refractivity contribution in [2.45, 2.75) is 6.92 Å². The number of hydrogen-bond donors (Lipinski definition) is 2. The van der Waals surface area contributed by atoms with Crippen molar-refractivity contribution in [3.05, 3.63) is 46.3 Å². The van der Waals surface area contributed by atoms with E-state index in [0.29, 0.717) is 16.0 Å². The molecule has 3 N–H and O–H groups in total. The molecular weight excluding hydrogens is 285 g/mol. The van der Waals surface area contributed by atoms with E-state index in [1.165, 1.54) is 6.07 Å². The van der Waals surface area contributed by atoms with Gasteiger partial charge in [0.25, 0.3) is 0 Å². The van der Waals surface area contributed by atoms with Gasteiger partial charge in [0.2, 0.25) is 0 Å². The number of anilines is 3. The van der Waals surface area contributed by atoms with E-state index in [1.54, 1.807) is 18.3 Å². The Morgan fingerprint density at radius 1 is 1.35 bits per heavy atom. The number of benzene rings is 1. The Labute approximate surface area is 107 Å². The maximum atomic E-state index is 13.1. The predicted octanol–water partition coefficient (Wildman–Crippen LogP) is 3.62. The van der Waals surface area contributed by atoms with Crippen LogP contribution in [0, 0.1) is 12.7 Å². The average molecular weight is 296 g/mol. The van der Waals surface area contributed by atoms with Crippen molar-refractivity contribution in [3.8, 4) is 0 Å². The van der Waals surface area contributed by atoms with Crippen molar-refractivity contribution >= 4 is 33.1 Å². The lowest BCUT2D eigenvalue weighted by Gasteiger charge is -2.10. The number of nitrogens with one attached hydrogen (secondary N) is 1. The molecule has 0 spiro atoms. The summed E-state index contributed by atoms with van der Waals surface area (Å²) in [6.07, 6.45) is 1.67. The molecule has 0 bridgehead atoms. The number of nitrogens with two attached hydrogens (primary N) is 1. The van der Waals surface area contributed by atoms with Crippen LogP contribution in [0.15, 0.2) is 34.9 Å². The van der Waals surface area contributed by atoms with Crippen LogP contribution in [0.3, 0.4) is 0 Å². The molecule has 1 aromatic carbocycles. The first-order valence-electron chi connectivity index (χ1n) is 5.01. The Balaban J connectivity index is 2.31. The first kappa shape index (κ1) is 11.9. The second kappa shape index (κ2) is 4.71. The lowest BCUT2D eigenvalue weighted by molar-refractivity contribution is 0.621. The van der Waals surface area contributed by atoms with Crippen LogP contribution in [0.4, 0.5) is 21.6 Å². The molecule has 5 heteroatoms. The molecule has 2 aromatic rings. The molecule has 0 aliphatic heterocycles. The van der Waals surface area contributed by atoms with E-state index in [2.05, 4.69) is 26.2 Å². The first-order valence-corrected chi connectivity index (χ1v) is 5.80. The van der Waals surface area contributed by atoms with Crippen molar-refractivity contribution in [2.24, 2.45) is 0 Å². The van der Waals surface area contributed by atoms with E-state index in [1.807, 2.05) is 13.0 Å². The van der Waals surface area contributed by atoms with Gasteiger partial charge in [-0.25, -0.2) is 9.37 Å². The van der Waals surface area contributed by atoms with Gasteiger partial charge in [0.05, 0.1) is 10.2 Å². The summed E-state index contributed by atoms with van der Waals surface area (Å²) >= 11 is 3.13. The summed E-state index contributed by atoms with van der Waals surface area (Å²) in [5, 5.41) is 3.05. The van der Waals surface area contributed by atoms with Crippen molar-refractivity contribution < 1.29 is 4.39 Å². The van der Waals surface area contributed by atoms with Crippen molar-refractivity contribution in [1.82, 2.24) is 4.98 Å². The topological polar surface area (TPSA) is 50.9 Å². The van der Waals surface area contributed by atoms with Gasteiger partial charge >= 0.3 is 0 Å². The fraction of sp³-hybridized carbons (Fsp3) is 0.0833. The third-order valence-corrected chi connectivity index (χ3v) is 3.00. The van der Waals surface area contributed by atoms with Crippen molar-refractivity contribution in [2.75, 3.05) is 11.1 Å². The lowest BCUT2D eigenvalue weighted by Crippen LogP contribution is -2.00. The summed E-state index contributed by atoms with van der Waals surface area (Å²) in [4.78, 5) is 4.14. The smallest absolute Gasteiger partial charge is 0.153 e. The maximum Gasteiger partial charge on any atom is 0.153 e. The fourth-order valence-corrected chi connectivity index (χ4v) is 1.76. The zero-order valence-corrected chi connectivity index (χ0v) is 10.8. The number of nitrogen functional groups attached to an aromatic ring is 1. The number of pyridine rings is 1. The van der Waals surface area contributed by atoms with Crippen LogP contribution in [0.25, 0.3) is 0 Å². The highest BCUT2D eigenvalue weighted by Crippen LogP contribution is 2.26. The fourth-order valence-electron chi connectivity index (χ4n) is 1.38. The number of aromatic nitrogens is 1. The van der Waals surface area contributed by atoms with E-state index >= 15 is 0 Å². The van der Waals surface area contributed by atoms with Crippen LogP contribution >= 0.6 is 15.9 Å². The molecule has 3 nitrogen and oxygen atoms in total. The van der Waals surface area contributed by atoms with Crippen LogP contribution in [0.1, 0.15) is 5.56 Å². The third-order valence-electron chi connectivity index (χ3n) is 2.39. The van der Waals surface area contributed by atoms with Crippen LogP contribution in [0.5, 0.6) is 0 Å². The van der Waals surface area contributed by atoms with E-state index in [4.69, 9.17) is 5.73 Å². The highest BCUT2D eigenvalue weighted by atomic mass is 79.9. The Bertz CT molecular complexity index is 557. The summed E-state index contributed by atoms with van der Waals surface area (Å²) in [6.45, 7) is 1.91. The van der Waals surface area contributed by atoms with Crippen LogP contribution in [-0.2, 0) is 0 Å². The first-order chi connectivity index (χ1) is 8.08. The highest BCUT2D eigenvalue weighted by Gasteiger charge is 2.05. The molecule has 0 atom stereocenters. The van der Waals surface area contributed by atoms with Gasteiger partial charge in [-0.1, -0.05) is 0 Å². The summed E-state index contributed by atoms with van der Waals surface area (Å²) in [7, 11) is 0. The molecule has 0 aliphatic carbocycles. The Hall–Kier alpha value is -1.62. The molecule has 1 aromatic heterocycles. The van der Waals surface area contributed by atoms with Gasteiger partial charge in [-0.2, -0.15) is 0 Å². The molecule has 88 valence electrons. The number of rotatable bonds is 2. The monoisotopic (exact) mass is 295 g/mol. The number of aryl methyl sites for hydroxylation is 1. The zero-order valence-electron chi connectivity index (χ0n) is 9.17. The standard InChI is InChI=1S/C12H11BrFN3/c1-7-4-5-16-12(11(7)15)17-8-2-3-10(14)9(13)6-8/h2-6H,15H2,1H3,(H,16,17). The summed E-state index contributed by atoms with van der Waals surface area (Å²) in [5.74, 6) is 0.268. The van der Waals surface area contributed by atoms with Crippen LogP contribution in [0.2, 0.25) is 0 Å². The molecule has 0 saturated heterocycles. The molecule has 0 radical (unpaired) electrons. The summed E-state index contributed by atoms with van der Waals surface area (Å²) in [5.41, 5.74) is 8.15. The molecule has 0 amide bonds. The second-order valence-electron chi connectivity index (χ2n) is 3.64. The Kier molecular flexibility index (Phi) is 3.28. The van der Waals surface area contributed by atoms with Gasteiger partial charge in [-0.05, 0) is 52.7 Å². The average Bonchev–Trinajstić information content (AvgIpc) is 2.30. The van der Waals surface area contributed by atoms with E-state index in [-0.39, 0.29) is 5.82 Å². The molecule has 2 rings (SSSR count). The van der Waals surface area contributed by atoms with Crippen LogP contribution < -0.4 is 11.1 Å². The third kappa shape index (κ3) is 2.55. The predicted molar refractivity (Wildman–Crippen MR) is 70.8 cm³/mol. The molecule has 1 heterocycles. The lowest BCUT2D eigenvalue weighted by atomic mass is 10.2. The number of nitrogens with zero attached hydrogens (tertiary/aromatic N) is 1. The summed E-state index contributed by atoms with van der Waals surface area (Å²) in [6, 6.07) is 6.47. The molecule has 0 saturated carbocycles. The van der Waals surface area contributed by atoms with Gasteiger partial charge in [-0.3, -0.25) is 0 Å². The molecule has 0 aliphatic rings. The molecule has 0 fully saturated rings. The number of halogens is 2. The SMILES string of the molecule is Cc1ccnc(Nc2ccc(F)c(Br)c2)c1N. The van der Waals surface area contributed by atoms with Gasteiger partial charge in [0.15, 0.2) is 5.82 Å². The van der Waals surface area contributed by atoms with E-state index in [0.717, 1.165) is 11.3 Å². The molecule has 17 heavy (non-hydrogen) atoms. The van der Waals surface area contributed by atoms with Crippen LogP contribution in [-0.4, -0.2) is 4.98 Å². The van der Waals surface area contributed by atoms with Gasteiger partial charge in [0, 0.05) is 11.9 Å². The molecular formula is C12H11BrFN3. The minimum Gasteiger partial charge on any atom is -0.396 e. The van der Waals surface area contributed by atoms with Gasteiger partial charge in [-0.15, -0.1) is 0 Å². The Morgan fingerprint density at radius 2 is 2.12 bits per heavy atom. The zero-order chi connectivity index (χ0) is 12.4. The van der Waals surface area contributed by atoms with E-state index in [9.17, 15) is 4.39 Å². The van der Waals surface area contributed by atoms with Gasteiger partial charge < -0.3 is 11.1 Å². The van der Waals surface area contributed by atoms with Crippen molar-refractivity contribution in [3.63, 3.8) is 0 Å². The minimum atomic E-state index is -0.305. The van der Waals surface area contributed by atoms with E-state index < -0.39 is 0 Å². The highest BCUT2D eigenvalue weighted by molar-refractivity contribution is 9.10. The Morgan fingerprint density at radius 3 is 2.82 bits per heavy atom. The quantitative estimate of drug-likeness (QED) is 0.890. The minimum absolute atomic E-state index is 0.305. The number of hydrogen-bond acceptors (Lipinski definition) is 3.